The lowest BCUT2D eigenvalue weighted by atomic mass is 10.2. The Morgan fingerprint density at radius 2 is 2.44 bits per heavy atom. The number of hydrogen-bond donors (Lipinski definition) is 0. The van der Waals surface area contributed by atoms with E-state index in [1.54, 1.807) is 11.0 Å². The molecule has 0 saturated carbocycles. The van der Waals surface area contributed by atoms with Gasteiger partial charge in [-0.05, 0) is 47.8 Å². The Kier molecular flexibility index (Phi) is 4.72. The minimum Gasteiger partial charge on any atom is -0.376 e. The van der Waals surface area contributed by atoms with E-state index < -0.39 is 0 Å². The van der Waals surface area contributed by atoms with Crippen LogP contribution in [0.3, 0.4) is 0 Å². The Labute approximate surface area is 115 Å². The number of amides is 1. The highest BCUT2D eigenvalue weighted by atomic mass is 79.9. The normalized spacial score (nSPS) is 18.9. The molecular formula is C13H17BrN2O2. The second-order valence-corrected chi connectivity index (χ2v) is 5.14. The zero-order valence-electron chi connectivity index (χ0n) is 10.4. The van der Waals surface area contributed by atoms with Gasteiger partial charge in [0.25, 0.3) is 5.91 Å². The molecular weight excluding hydrogens is 296 g/mol. The smallest absolute Gasteiger partial charge is 0.272 e. The average Bonchev–Trinajstić information content (AvgIpc) is 2.88. The first-order valence-electron chi connectivity index (χ1n) is 6.24. The van der Waals surface area contributed by atoms with Gasteiger partial charge in [-0.15, -0.1) is 0 Å². The van der Waals surface area contributed by atoms with Gasteiger partial charge in [0.05, 0.1) is 6.10 Å². The van der Waals surface area contributed by atoms with Gasteiger partial charge in [0.2, 0.25) is 0 Å². The van der Waals surface area contributed by atoms with Crippen molar-refractivity contribution in [2.45, 2.75) is 25.9 Å². The molecule has 1 atom stereocenters. The van der Waals surface area contributed by atoms with Crippen molar-refractivity contribution in [3.05, 3.63) is 28.5 Å². The van der Waals surface area contributed by atoms with Crippen LogP contribution in [0.5, 0.6) is 0 Å². The van der Waals surface area contributed by atoms with Crippen LogP contribution in [-0.2, 0) is 4.74 Å². The number of likely N-dealkylation sites (N-methyl/N-ethyl adjacent to an activating group) is 1. The van der Waals surface area contributed by atoms with Gasteiger partial charge in [-0.25, -0.2) is 4.98 Å². The molecule has 1 aliphatic heterocycles. The van der Waals surface area contributed by atoms with E-state index in [1.807, 2.05) is 19.1 Å². The van der Waals surface area contributed by atoms with E-state index in [-0.39, 0.29) is 12.0 Å². The summed E-state index contributed by atoms with van der Waals surface area (Å²) in [6.45, 7) is 4.12. The maximum absolute atomic E-state index is 12.3. The summed E-state index contributed by atoms with van der Waals surface area (Å²) in [4.78, 5) is 18.3. The third-order valence-corrected chi connectivity index (χ3v) is 3.49. The molecule has 1 unspecified atom stereocenters. The molecule has 0 aliphatic carbocycles. The summed E-state index contributed by atoms with van der Waals surface area (Å²) in [7, 11) is 0. The van der Waals surface area contributed by atoms with Crippen molar-refractivity contribution in [2.75, 3.05) is 19.7 Å². The molecule has 1 aromatic rings. The van der Waals surface area contributed by atoms with Gasteiger partial charge >= 0.3 is 0 Å². The maximum atomic E-state index is 12.3. The van der Waals surface area contributed by atoms with Crippen molar-refractivity contribution >= 4 is 21.8 Å². The Morgan fingerprint density at radius 1 is 1.61 bits per heavy atom. The molecule has 1 amide bonds. The summed E-state index contributed by atoms with van der Waals surface area (Å²) in [5, 5.41) is 0. The summed E-state index contributed by atoms with van der Waals surface area (Å²) < 4.78 is 6.25. The van der Waals surface area contributed by atoms with Crippen LogP contribution in [0.15, 0.2) is 22.8 Å². The third-order valence-electron chi connectivity index (χ3n) is 3.05. The first-order valence-corrected chi connectivity index (χ1v) is 7.03. The quantitative estimate of drug-likeness (QED) is 0.802. The highest BCUT2D eigenvalue weighted by molar-refractivity contribution is 9.10. The molecule has 0 spiro atoms. The summed E-state index contributed by atoms with van der Waals surface area (Å²) in [6.07, 6.45) is 2.31. The van der Waals surface area contributed by atoms with Gasteiger partial charge in [-0.2, -0.15) is 0 Å². The minimum absolute atomic E-state index is 0.0331. The molecule has 0 N–H and O–H groups in total. The molecule has 1 aliphatic rings. The van der Waals surface area contributed by atoms with Crippen LogP contribution in [0.1, 0.15) is 30.3 Å². The zero-order chi connectivity index (χ0) is 13.0. The van der Waals surface area contributed by atoms with E-state index in [0.717, 1.165) is 19.4 Å². The molecule has 5 heteroatoms. The molecule has 2 heterocycles. The van der Waals surface area contributed by atoms with Crippen LogP contribution in [0.2, 0.25) is 0 Å². The largest absolute Gasteiger partial charge is 0.376 e. The lowest BCUT2D eigenvalue weighted by Gasteiger charge is -2.23. The first-order chi connectivity index (χ1) is 8.70. The molecule has 0 aromatic carbocycles. The first kappa shape index (κ1) is 13.5. The van der Waals surface area contributed by atoms with Crippen molar-refractivity contribution in [3.8, 4) is 0 Å². The molecule has 1 fully saturated rings. The summed E-state index contributed by atoms with van der Waals surface area (Å²) in [5.74, 6) is -0.0331. The third kappa shape index (κ3) is 3.29. The zero-order valence-corrected chi connectivity index (χ0v) is 12.0. The number of carbonyl (C=O) groups is 1. The molecule has 0 bridgehead atoms. The Bertz CT molecular complexity index is 419. The van der Waals surface area contributed by atoms with Crippen LogP contribution in [0, 0.1) is 0 Å². The molecule has 2 rings (SSSR count). The summed E-state index contributed by atoms with van der Waals surface area (Å²) in [6, 6.07) is 5.38. The molecule has 1 saturated heterocycles. The Morgan fingerprint density at radius 3 is 3.06 bits per heavy atom. The van der Waals surface area contributed by atoms with Crippen molar-refractivity contribution in [1.82, 2.24) is 9.88 Å². The van der Waals surface area contributed by atoms with Crippen molar-refractivity contribution in [1.29, 1.82) is 0 Å². The van der Waals surface area contributed by atoms with Gasteiger partial charge in [0.15, 0.2) is 0 Å². The van der Waals surface area contributed by atoms with E-state index in [9.17, 15) is 4.79 Å². The van der Waals surface area contributed by atoms with Crippen LogP contribution in [0.25, 0.3) is 0 Å². The maximum Gasteiger partial charge on any atom is 0.272 e. The predicted molar refractivity (Wildman–Crippen MR) is 72.5 cm³/mol. The number of halogens is 1. The van der Waals surface area contributed by atoms with Crippen LogP contribution < -0.4 is 0 Å². The number of aromatic nitrogens is 1. The number of ether oxygens (including phenoxy) is 1. The standard InChI is InChI=1S/C13H17BrN2O2/c1-2-16(9-10-5-4-8-18-10)13(17)11-6-3-7-12(14)15-11/h3,6-7,10H,2,4-5,8-9H2,1H3. The van der Waals surface area contributed by atoms with Crippen LogP contribution in [-0.4, -0.2) is 41.6 Å². The molecule has 98 valence electrons. The molecule has 4 nitrogen and oxygen atoms in total. The lowest BCUT2D eigenvalue weighted by molar-refractivity contribution is 0.0534. The van der Waals surface area contributed by atoms with Crippen LogP contribution >= 0.6 is 15.9 Å². The average molecular weight is 313 g/mol. The van der Waals surface area contributed by atoms with Gasteiger partial charge in [-0.1, -0.05) is 6.07 Å². The Balaban J connectivity index is 2.04. The monoisotopic (exact) mass is 312 g/mol. The fraction of sp³-hybridized carbons (Fsp3) is 0.538. The SMILES string of the molecule is CCN(CC1CCCO1)C(=O)c1cccc(Br)n1. The van der Waals surface area contributed by atoms with Gasteiger partial charge in [-0.3, -0.25) is 4.79 Å². The van der Waals surface area contributed by atoms with E-state index in [0.29, 0.717) is 23.4 Å². The van der Waals surface area contributed by atoms with Crippen molar-refractivity contribution in [3.63, 3.8) is 0 Å². The van der Waals surface area contributed by atoms with Crippen molar-refractivity contribution < 1.29 is 9.53 Å². The number of hydrogen-bond acceptors (Lipinski definition) is 3. The number of carbonyl (C=O) groups excluding carboxylic acids is 1. The number of pyridine rings is 1. The van der Waals surface area contributed by atoms with Gasteiger partial charge in [0.1, 0.15) is 10.3 Å². The fourth-order valence-corrected chi connectivity index (χ4v) is 2.42. The molecule has 18 heavy (non-hydrogen) atoms. The highest BCUT2D eigenvalue weighted by Crippen LogP contribution is 2.15. The van der Waals surface area contributed by atoms with E-state index in [4.69, 9.17) is 4.74 Å². The van der Waals surface area contributed by atoms with E-state index >= 15 is 0 Å². The van der Waals surface area contributed by atoms with E-state index in [2.05, 4.69) is 20.9 Å². The second kappa shape index (κ2) is 6.29. The van der Waals surface area contributed by atoms with Crippen molar-refractivity contribution in [2.24, 2.45) is 0 Å². The highest BCUT2D eigenvalue weighted by Gasteiger charge is 2.22. The summed E-state index contributed by atoms with van der Waals surface area (Å²) in [5.41, 5.74) is 0.476. The topological polar surface area (TPSA) is 42.4 Å². The number of nitrogens with zero attached hydrogens (tertiary/aromatic N) is 2. The molecule has 1 aromatic heterocycles. The second-order valence-electron chi connectivity index (χ2n) is 4.32. The lowest BCUT2D eigenvalue weighted by Crippen LogP contribution is -2.37. The number of rotatable bonds is 4. The minimum atomic E-state index is -0.0331. The summed E-state index contributed by atoms with van der Waals surface area (Å²) >= 11 is 3.28. The fourth-order valence-electron chi connectivity index (χ4n) is 2.08. The van der Waals surface area contributed by atoms with Gasteiger partial charge in [0, 0.05) is 19.7 Å². The molecule has 0 radical (unpaired) electrons. The Hall–Kier alpha value is -0.940. The van der Waals surface area contributed by atoms with Gasteiger partial charge < -0.3 is 9.64 Å². The predicted octanol–water partition coefficient (Wildman–Crippen LogP) is 2.49. The van der Waals surface area contributed by atoms with E-state index in [1.165, 1.54) is 0 Å². The van der Waals surface area contributed by atoms with Crippen LogP contribution in [0.4, 0.5) is 0 Å².